The van der Waals surface area contributed by atoms with Gasteiger partial charge in [-0.15, -0.1) is 0 Å². The smallest absolute Gasteiger partial charge is 0.256 e. The SMILES string of the molecule is Cc1ncc(C(=O)NCC2(C)CCN(C(=O)c3cncc4ccccc34)C2)c2ccccc12. The number of amides is 2. The summed E-state index contributed by atoms with van der Waals surface area (Å²) in [7, 11) is 0. The van der Waals surface area contributed by atoms with E-state index >= 15 is 0 Å². The van der Waals surface area contributed by atoms with Crippen molar-refractivity contribution in [2.75, 3.05) is 19.6 Å². The van der Waals surface area contributed by atoms with Crippen molar-refractivity contribution in [3.63, 3.8) is 0 Å². The molecule has 6 nitrogen and oxygen atoms in total. The Balaban J connectivity index is 1.30. The van der Waals surface area contributed by atoms with Crippen LogP contribution in [0.1, 0.15) is 39.8 Å². The minimum Gasteiger partial charge on any atom is -0.351 e. The molecule has 3 heterocycles. The van der Waals surface area contributed by atoms with Crippen molar-refractivity contribution >= 4 is 33.4 Å². The zero-order chi connectivity index (χ0) is 23.0. The Morgan fingerprint density at radius 1 is 0.970 bits per heavy atom. The normalized spacial score (nSPS) is 18.1. The molecule has 0 saturated carbocycles. The van der Waals surface area contributed by atoms with Crippen molar-refractivity contribution in [1.29, 1.82) is 0 Å². The van der Waals surface area contributed by atoms with E-state index in [0.717, 1.165) is 33.7 Å². The lowest BCUT2D eigenvalue weighted by Crippen LogP contribution is -2.39. The van der Waals surface area contributed by atoms with Crippen LogP contribution in [0.25, 0.3) is 21.5 Å². The highest BCUT2D eigenvalue weighted by Crippen LogP contribution is 2.31. The van der Waals surface area contributed by atoms with Gasteiger partial charge >= 0.3 is 0 Å². The van der Waals surface area contributed by atoms with E-state index in [-0.39, 0.29) is 17.2 Å². The average Bonchev–Trinajstić information content (AvgIpc) is 3.24. The maximum absolute atomic E-state index is 13.3. The number of aryl methyl sites for hydroxylation is 1. The van der Waals surface area contributed by atoms with Crippen LogP contribution in [-0.2, 0) is 0 Å². The van der Waals surface area contributed by atoms with Gasteiger partial charge in [0.25, 0.3) is 11.8 Å². The molecule has 1 N–H and O–H groups in total. The van der Waals surface area contributed by atoms with E-state index in [1.165, 1.54) is 0 Å². The van der Waals surface area contributed by atoms with Crippen LogP contribution in [0.5, 0.6) is 0 Å². The number of aromatic nitrogens is 2. The molecule has 0 bridgehead atoms. The predicted molar refractivity (Wildman–Crippen MR) is 129 cm³/mol. The minimum atomic E-state index is -0.197. The molecule has 0 radical (unpaired) electrons. The van der Waals surface area contributed by atoms with Crippen molar-refractivity contribution in [2.45, 2.75) is 20.3 Å². The number of pyridine rings is 2. The number of rotatable bonds is 4. The number of benzene rings is 2. The highest BCUT2D eigenvalue weighted by Gasteiger charge is 2.37. The number of carbonyl (C=O) groups is 2. The second kappa shape index (κ2) is 8.28. The van der Waals surface area contributed by atoms with E-state index in [1.54, 1.807) is 18.6 Å². The lowest BCUT2D eigenvalue weighted by molar-refractivity contribution is 0.0776. The second-order valence-electron chi connectivity index (χ2n) is 9.18. The van der Waals surface area contributed by atoms with E-state index in [9.17, 15) is 9.59 Å². The van der Waals surface area contributed by atoms with E-state index < -0.39 is 0 Å². The molecule has 2 aromatic carbocycles. The van der Waals surface area contributed by atoms with Crippen LogP contribution >= 0.6 is 0 Å². The predicted octanol–water partition coefficient (Wildman–Crippen LogP) is 4.37. The molecule has 2 aromatic heterocycles. The summed E-state index contributed by atoms with van der Waals surface area (Å²) in [5.41, 5.74) is 1.91. The Kier molecular flexibility index (Phi) is 5.29. The minimum absolute atomic E-state index is 0.0110. The fourth-order valence-electron chi connectivity index (χ4n) is 4.70. The standard InChI is InChI=1S/C27H26N4O2/c1-18-20-8-5-6-10-22(20)23(15-29-18)25(32)30-16-27(2)11-12-31(17-27)26(33)24-14-28-13-19-7-3-4-9-21(19)24/h3-10,13-15H,11-12,16-17H2,1-2H3,(H,30,32). The van der Waals surface area contributed by atoms with Gasteiger partial charge in [-0.25, -0.2) is 0 Å². The molecule has 0 aliphatic carbocycles. The Morgan fingerprint density at radius 3 is 2.52 bits per heavy atom. The molecule has 2 amide bonds. The van der Waals surface area contributed by atoms with Crippen LogP contribution in [0.3, 0.4) is 0 Å². The van der Waals surface area contributed by atoms with Crippen molar-refractivity contribution in [3.8, 4) is 0 Å². The third-order valence-corrected chi connectivity index (χ3v) is 6.66. The molecule has 1 fully saturated rings. The van der Waals surface area contributed by atoms with Crippen LogP contribution in [0.4, 0.5) is 0 Å². The Bertz CT molecular complexity index is 1380. The van der Waals surface area contributed by atoms with E-state index in [2.05, 4.69) is 22.2 Å². The van der Waals surface area contributed by atoms with Crippen molar-refractivity contribution in [1.82, 2.24) is 20.2 Å². The second-order valence-corrected chi connectivity index (χ2v) is 9.18. The summed E-state index contributed by atoms with van der Waals surface area (Å²) in [5.74, 6) is -0.147. The van der Waals surface area contributed by atoms with E-state index in [4.69, 9.17) is 0 Å². The van der Waals surface area contributed by atoms with Gasteiger partial charge in [0.15, 0.2) is 0 Å². The van der Waals surface area contributed by atoms with Gasteiger partial charge < -0.3 is 10.2 Å². The molecule has 166 valence electrons. The molecule has 1 aliphatic rings. The summed E-state index contributed by atoms with van der Waals surface area (Å²) in [4.78, 5) is 36.8. The molecule has 1 saturated heterocycles. The van der Waals surface area contributed by atoms with Crippen molar-refractivity contribution in [3.05, 3.63) is 83.9 Å². The molecule has 4 aromatic rings. The Labute approximate surface area is 192 Å². The number of hydrogen-bond donors (Lipinski definition) is 1. The maximum Gasteiger partial charge on any atom is 0.256 e. The Morgan fingerprint density at radius 2 is 1.70 bits per heavy atom. The summed E-state index contributed by atoms with van der Waals surface area (Å²) < 4.78 is 0. The maximum atomic E-state index is 13.3. The Hall–Kier alpha value is -3.80. The van der Waals surface area contributed by atoms with Gasteiger partial charge in [-0.1, -0.05) is 55.5 Å². The molecule has 1 atom stereocenters. The highest BCUT2D eigenvalue weighted by atomic mass is 16.2. The summed E-state index contributed by atoms with van der Waals surface area (Å²) in [6, 6.07) is 15.6. The van der Waals surface area contributed by atoms with Gasteiger partial charge in [-0.2, -0.15) is 0 Å². The van der Waals surface area contributed by atoms with Gasteiger partial charge in [-0.3, -0.25) is 19.6 Å². The molecular formula is C27H26N4O2. The molecule has 5 rings (SSSR count). The zero-order valence-electron chi connectivity index (χ0n) is 18.8. The molecule has 1 unspecified atom stereocenters. The first kappa shape index (κ1) is 21.1. The van der Waals surface area contributed by atoms with Gasteiger partial charge in [0, 0.05) is 60.1 Å². The topological polar surface area (TPSA) is 75.2 Å². The van der Waals surface area contributed by atoms with Crippen LogP contribution < -0.4 is 5.32 Å². The average molecular weight is 439 g/mol. The molecular weight excluding hydrogens is 412 g/mol. The molecule has 33 heavy (non-hydrogen) atoms. The number of nitrogens with one attached hydrogen (secondary N) is 1. The summed E-state index contributed by atoms with van der Waals surface area (Å²) in [5, 5.41) is 6.85. The zero-order valence-corrected chi connectivity index (χ0v) is 18.8. The quantitative estimate of drug-likeness (QED) is 0.513. The first-order chi connectivity index (χ1) is 16.0. The fourth-order valence-corrected chi connectivity index (χ4v) is 4.70. The van der Waals surface area contributed by atoms with Crippen molar-refractivity contribution < 1.29 is 9.59 Å². The molecule has 0 spiro atoms. The third-order valence-electron chi connectivity index (χ3n) is 6.66. The third kappa shape index (κ3) is 3.93. The largest absolute Gasteiger partial charge is 0.351 e. The molecule has 1 aliphatic heterocycles. The number of carbonyl (C=O) groups excluding carboxylic acids is 2. The number of fused-ring (bicyclic) bond motifs is 2. The van der Waals surface area contributed by atoms with Crippen LogP contribution in [-0.4, -0.2) is 46.3 Å². The lowest BCUT2D eigenvalue weighted by atomic mass is 9.89. The molecule has 6 heteroatoms. The summed E-state index contributed by atoms with van der Waals surface area (Å²) in [6.45, 7) is 5.80. The summed E-state index contributed by atoms with van der Waals surface area (Å²) in [6.07, 6.45) is 5.90. The monoisotopic (exact) mass is 438 g/mol. The van der Waals surface area contributed by atoms with Gasteiger partial charge in [0.2, 0.25) is 0 Å². The number of likely N-dealkylation sites (tertiary alicyclic amines) is 1. The fraction of sp³-hybridized carbons (Fsp3) is 0.259. The number of nitrogens with zero attached hydrogens (tertiary/aromatic N) is 3. The van der Waals surface area contributed by atoms with Gasteiger partial charge in [0.05, 0.1) is 11.1 Å². The first-order valence-electron chi connectivity index (χ1n) is 11.2. The van der Waals surface area contributed by atoms with Crippen molar-refractivity contribution in [2.24, 2.45) is 5.41 Å². The van der Waals surface area contributed by atoms with E-state index in [0.29, 0.717) is 30.8 Å². The van der Waals surface area contributed by atoms with Crippen LogP contribution in [0.15, 0.2) is 67.1 Å². The van der Waals surface area contributed by atoms with E-state index in [1.807, 2.05) is 60.4 Å². The number of hydrogen-bond acceptors (Lipinski definition) is 4. The van der Waals surface area contributed by atoms with Gasteiger partial charge in [-0.05, 0) is 24.1 Å². The lowest BCUT2D eigenvalue weighted by Gasteiger charge is -2.25. The van der Waals surface area contributed by atoms with Crippen LogP contribution in [0, 0.1) is 12.3 Å². The first-order valence-corrected chi connectivity index (χ1v) is 11.2. The summed E-state index contributed by atoms with van der Waals surface area (Å²) >= 11 is 0. The van der Waals surface area contributed by atoms with Crippen LogP contribution in [0.2, 0.25) is 0 Å². The van der Waals surface area contributed by atoms with Gasteiger partial charge in [0.1, 0.15) is 0 Å². The highest BCUT2D eigenvalue weighted by molar-refractivity contribution is 6.07.